The molecular formula is C9H22OSi. The van der Waals surface area contributed by atoms with Gasteiger partial charge in [-0.1, -0.05) is 33.6 Å². The molecule has 68 valence electrons. The van der Waals surface area contributed by atoms with Gasteiger partial charge in [0.1, 0.15) is 10.5 Å². The Morgan fingerprint density at radius 3 is 2.36 bits per heavy atom. The summed E-state index contributed by atoms with van der Waals surface area (Å²) in [5.41, 5.74) is 0.373. The lowest BCUT2D eigenvalue weighted by atomic mass is 9.82. The number of unbranched alkanes of at least 4 members (excludes halogenated alkanes) is 1. The lowest BCUT2D eigenvalue weighted by molar-refractivity contribution is 0.0887. The molecule has 1 atom stereocenters. The second-order valence-electron chi connectivity index (χ2n) is 3.97. The quantitative estimate of drug-likeness (QED) is 0.578. The molecule has 0 amide bonds. The molecule has 2 heteroatoms. The van der Waals surface area contributed by atoms with E-state index in [2.05, 4.69) is 27.7 Å². The molecule has 0 N–H and O–H groups in total. The second-order valence-corrected chi connectivity index (χ2v) is 4.44. The fourth-order valence-electron chi connectivity index (χ4n) is 1.15. The molecule has 0 aromatic heterocycles. The first kappa shape index (κ1) is 11.2. The summed E-state index contributed by atoms with van der Waals surface area (Å²) in [7, 11) is 0.862. The molecule has 0 bridgehead atoms. The van der Waals surface area contributed by atoms with Gasteiger partial charge >= 0.3 is 0 Å². The van der Waals surface area contributed by atoms with Crippen LogP contribution in [0.2, 0.25) is 0 Å². The van der Waals surface area contributed by atoms with Crippen molar-refractivity contribution in [2.75, 3.05) is 0 Å². The van der Waals surface area contributed by atoms with Crippen molar-refractivity contribution in [3.8, 4) is 0 Å². The molecule has 11 heavy (non-hydrogen) atoms. The summed E-state index contributed by atoms with van der Waals surface area (Å²) in [4.78, 5) is 0. The molecule has 1 nitrogen and oxygen atoms in total. The Hall–Kier alpha value is 0.177. The van der Waals surface area contributed by atoms with Gasteiger partial charge in [0, 0.05) is 6.10 Å². The zero-order valence-corrected chi connectivity index (χ0v) is 10.6. The Bertz CT molecular complexity index is 102. The van der Waals surface area contributed by atoms with Crippen LogP contribution in [0.15, 0.2) is 0 Å². The lowest BCUT2D eigenvalue weighted by Crippen LogP contribution is -2.28. The van der Waals surface area contributed by atoms with E-state index in [1.165, 1.54) is 19.3 Å². The fraction of sp³-hybridized carbons (Fsp3) is 1.00. The predicted molar refractivity (Wildman–Crippen MR) is 53.8 cm³/mol. The lowest BCUT2D eigenvalue weighted by Gasteiger charge is -2.31. The first-order chi connectivity index (χ1) is 5.04. The van der Waals surface area contributed by atoms with E-state index in [-0.39, 0.29) is 0 Å². The molecule has 0 heterocycles. The van der Waals surface area contributed by atoms with E-state index in [9.17, 15) is 0 Å². The topological polar surface area (TPSA) is 9.23 Å². The van der Waals surface area contributed by atoms with Crippen LogP contribution in [0.5, 0.6) is 0 Å². The molecule has 1 unspecified atom stereocenters. The maximum absolute atomic E-state index is 5.45. The highest BCUT2D eigenvalue weighted by Crippen LogP contribution is 2.28. The van der Waals surface area contributed by atoms with Crippen molar-refractivity contribution in [3.63, 3.8) is 0 Å². The van der Waals surface area contributed by atoms with Crippen LogP contribution in [0.25, 0.3) is 0 Å². The number of hydrogen-bond donors (Lipinski definition) is 0. The van der Waals surface area contributed by atoms with Crippen molar-refractivity contribution in [3.05, 3.63) is 0 Å². The standard InChI is InChI=1S/C9H22OSi/c1-5-6-7-9(3,4)8(2)10-11/h8H,5-7H2,1-4,11H3. The van der Waals surface area contributed by atoms with Gasteiger partial charge in [0.2, 0.25) is 0 Å². The molecule has 0 saturated heterocycles. The first-order valence-corrected chi connectivity index (χ1v) is 5.39. The minimum Gasteiger partial charge on any atom is -0.425 e. The Kier molecular flexibility index (Phi) is 5.02. The van der Waals surface area contributed by atoms with Gasteiger partial charge in [0.05, 0.1) is 0 Å². The summed E-state index contributed by atoms with van der Waals surface area (Å²) in [6.45, 7) is 9.02. The number of rotatable bonds is 5. The van der Waals surface area contributed by atoms with Crippen molar-refractivity contribution in [2.45, 2.75) is 53.1 Å². The van der Waals surface area contributed by atoms with Crippen LogP contribution in [0.4, 0.5) is 0 Å². The third-order valence-electron chi connectivity index (χ3n) is 2.63. The highest BCUT2D eigenvalue weighted by Gasteiger charge is 2.23. The van der Waals surface area contributed by atoms with E-state index in [0.717, 1.165) is 10.5 Å². The van der Waals surface area contributed by atoms with Crippen LogP contribution in [0.1, 0.15) is 47.0 Å². The van der Waals surface area contributed by atoms with E-state index in [1.807, 2.05) is 0 Å². The van der Waals surface area contributed by atoms with Gasteiger partial charge < -0.3 is 4.43 Å². The molecule has 0 spiro atoms. The molecule has 0 fully saturated rings. The molecule has 0 radical (unpaired) electrons. The average molecular weight is 174 g/mol. The molecule has 0 aliphatic carbocycles. The molecule has 0 aromatic rings. The third-order valence-corrected chi connectivity index (χ3v) is 3.34. The summed E-state index contributed by atoms with van der Waals surface area (Å²) < 4.78 is 5.45. The van der Waals surface area contributed by atoms with E-state index in [1.54, 1.807) is 0 Å². The van der Waals surface area contributed by atoms with Crippen LogP contribution < -0.4 is 0 Å². The van der Waals surface area contributed by atoms with Crippen LogP contribution >= 0.6 is 0 Å². The third kappa shape index (κ3) is 3.92. The predicted octanol–water partition coefficient (Wildman–Crippen LogP) is 1.89. The van der Waals surface area contributed by atoms with Crippen LogP contribution in [0, 0.1) is 5.41 Å². The van der Waals surface area contributed by atoms with Crippen molar-refractivity contribution >= 4 is 10.5 Å². The van der Waals surface area contributed by atoms with E-state index in [4.69, 9.17) is 4.43 Å². The zero-order chi connectivity index (χ0) is 8.91. The molecule has 0 aliphatic heterocycles. The largest absolute Gasteiger partial charge is 0.425 e. The monoisotopic (exact) mass is 174 g/mol. The van der Waals surface area contributed by atoms with Gasteiger partial charge in [-0.25, -0.2) is 0 Å². The minimum atomic E-state index is 0.373. The Morgan fingerprint density at radius 1 is 1.45 bits per heavy atom. The van der Waals surface area contributed by atoms with E-state index < -0.39 is 0 Å². The van der Waals surface area contributed by atoms with Crippen LogP contribution in [-0.4, -0.2) is 16.6 Å². The maximum Gasteiger partial charge on any atom is 0.146 e. The highest BCUT2D eigenvalue weighted by molar-refractivity contribution is 5.98. The highest BCUT2D eigenvalue weighted by atomic mass is 28.2. The van der Waals surface area contributed by atoms with Gasteiger partial charge in [0.15, 0.2) is 0 Å². The van der Waals surface area contributed by atoms with Gasteiger partial charge in [0.25, 0.3) is 0 Å². The van der Waals surface area contributed by atoms with Crippen molar-refractivity contribution < 1.29 is 4.43 Å². The molecule has 0 rings (SSSR count). The van der Waals surface area contributed by atoms with Crippen molar-refractivity contribution in [2.24, 2.45) is 5.41 Å². The van der Waals surface area contributed by atoms with E-state index >= 15 is 0 Å². The fourth-order valence-corrected chi connectivity index (χ4v) is 1.79. The van der Waals surface area contributed by atoms with Gasteiger partial charge in [-0.2, -0.15) is 0 Å². The van der Waals surface area contributed by atoms with Crippen LogP contribution in [0.3, 0.4) is 0 Å². The summed E-state index contributed by atoms with van der Waals surface area (Å²) in [5, 5.41) is 0. The smallest absolute Gasteiger partial charge is 0.146 e. The molecular weight excluding hydrogens is 152 g/mol. The Morgan fingerprint density at radius 2 is 2.00 bits per heavy atom. The number of hydrogen-bond acceptors (Lipinski definition) is 1. The normalized spacial score (nSPS) is 15.3. The molecule has 0 saturated carbocycles. The Labute approximate surface area is 74.1 Å². The Balaban J connectivity index is 3.77. The van der Waals surface area contributed by atoms with Gasteiger partial charge in [-0.05, 0) is 18.8 Å². The summed E-state index contributed by atoms with van der Waals surface area (Å²) in [5.74, 6) is 0. The first-order valence-electron chi connectivity index (χ1n) is 4.57. The van der Waals surface area contributed by atoms with Gasteiger partial charge in [-0.15, -0.1) is 0 Å². The second kappa shape index (κ2) is 4.94. The summed E-state index contributed by atoms with van der Waals surface area (Å²) >= 11 is 0. The van der Waals surface area contributed by atoms with E-state index in [0.29, 0.717) is 11.5 Å². The zero-order valence-electron chi connectivity index (χ0n) is 8.61. The average Bonchev–Trinajstić information content (AvgIpc) is 1.99. The molecule has 0 aromatic carbocycles. The SMILES string of the molecule is CCCCC(C)(C)C(C)O[SiH3]. The van der Waals surface area contributed by atoms with Gasteiger partial charge in [-0.3, -0.25) is 0 Å². The summed E-state index contributed by atoms with van der Waals surface area (Å²) in [6.07, 6.45) is 4.33. The maximum atomic E-state index is 5.45. The summed E-state index contributed by atoms with van der Waals surface area (Å²) in [6, 6.07) is 0. The molecule has 0 aliphatic rings. The van der Waals surface area contributed by atoms with Crippen LogP contribution in [-0.2, 0) is 4.43 Å². The van der Waals surface area contributed by atoms with Crippen molar-refractivity contribution in [1.82, 2.24) is 0 Å². The van der Waals surface area contributed by atoms with Crippen molar-refractivity contribution in [1.29, 1.82) is 0 Å². The minimum absolute atomic E-state index is 0.373.